The van der Waals surface area contributed by atoms with Crippen LogP contribution in [0, 0.1) is 6.92 Å². The number of carbonyl (C=O) groups excluding carboxylic acids is 1. The van der Waals surface area contributed by atoms with E-state index in [0.29, 0.717) is 12.1 Å². The van der Waals surface area contributed by atoms with Crippen LogP contribution in [0.3, 0.4) is 0 Å². The largest absolute Gasteiger partial charge is 0.478 e. The fourth-order valence-corrected chi connectivity index (χ4v) is 1.75. The fourth-order valence-electron chi connectivity index (χ4n) is 1.75. The van der Waals surface area contributed by atoms with Crippen molar-refractivity contribution in [3.8, 4) is 0 Å². The van der Waals surface area contributed by atoms with Crippen LogP contribution < -0.4 is 5.32 Å². The lowest BCUT2D eigenvalue weighted by atomic mass is 10.1. The number of anilines is 1. The number of unbranched alkanes of at least 4 members (excludes halogenated alkanes) is 2. The maximum absolute atomic E-state index is 11.7. The van der Waals surface area contributed by atoms with Gasteiger partial charge < -0.3 is 10.4 Å². The highest BCUT2D eigenvalue weighted by Gasteiger charge is 2.13. The zero-order valence-electron chi connectivity index (χ0n) is 10.8. The van der Waals surface area contributed by atoms with E-state index in [1.807, 2.05) is 0 Å². The second-order valence-corrected chi connectivity index (χ2v) is 4.31. The summed E-state index contributed by atoms with van der Waals surface area (Å²) in [6.07, 6.45) is 3.32. The second kappa shape index (κ2) is 6.79. The van der Waals surface area contributed by atoms with Crippen LogP contribution in [0.2, 0.25) is 0 Å². The van der Waals surface area contributed by atoms with Crippen molar-refractivity contribution in [2.75, 3.05) is 5.32 Å². The summed E-state index contributed by atoms with van der Waals surface area (Å²) >= 11 is 0. The van der Waals surface area contributed by atoms with Gasteiger partial charge in [-0.05, 0) is 25.0 Å². The standard InChI is InChI=1S/C14H19NO3/c1-3-4-5-9-12(16)15-13-10(2)7-6-8-11(13)14(17)18/h6-8H,3-5,9H2,1-2H3,(H,15,16)(H,17,18). The SMILES string of the molecule is CCCCCC(=O)Nc1c(C)cccc1C(=O)O. The van der Waals surface area contributed by atoms with E-state index in [4.69, 9.17) is 5.11 Å². The molecule has 18 heavy (non-hydrogen) atoms. The number of aromatic carboxylic acids is 1. The van der Waals surface area contributed by atoms with Crippen molar-refractivity contribution in [3.63, 3.8) is 0 Å². The van der Waals surface area contributed by atoms with E-state index >= 15 is 0 Å². The fraction of sp³-hybridized carbons (Fsp3) is 0.429. The maximum Gasteiger partial charge on any atom is 0.337 e. The number of carboxylic acid groups (broad SMARTS) is 1. The molecule has 0 bridgehead atoms. The van der Waals surface area contributed by atoms with Gasteiger partial charge in [-0.25, -0.2) is 4.79 Å². The van der Waals surface area contributed by atoms with E-state index in [-0.39, 0.29) is 11.5 Å². The third kappa shape index (κ3) is 3.87. The third-order valence-corrected chi connectivity index (χ3v) is 2.78. The molecule has 0 heterocycles. The molecule has 0 aromatic heterocycles. The van der Waals surface area contributed by atoms with Crippen molar-refractivity contribution in [3.05, 3.63) is 29.3 Å². The molecular formula is C14H19NO3. The van der Waals surface area contributed by atoms with E-state index in [1.54, 1.807) is 19.1 Å². The van der Waals surface area contributed by atoms with Crippen molar-refractivity contribution in [1.82, 2.24) is 0 Å². The zero-order valence-corrected chi connectivity index (χ0v) is 10.8. The Morgan fingerprint density at radius 2 is 2.00 bits per heavy atom. The Balaban J connectivity index is 2.77. The molecule has 0 aliphatic rings. The molecule has 1 amide bonds. The Labute approximate surface area is 107 Å². The Hall–Kier alpha value is -1.84. The van der Waals surface area contributed by atoms with Gasteiger partial charge >= 0.3 is 5.97 Å². The molecule has 0 unspecified atom stereocenters. The summed E-state index contributed by atoms with van der Waals surface area (Å²) in [5.74, 6) is -1.15. The van der Waals surface area contributed by atoms with Crippen molar-refractivity contribution < 1.29 is 14.7 Å². The van der Waals surface area contributed by atoms with Gasteiger partial charge in [0.25, 0.3) is 0 Å². The Morgan fingerprint density at radius 1 is 1.28 bits per heavy atom. The molecule has 0 aliphatic carbocycles. The molecule has 1 aromatic carbocycles. The van der Waals surface area contributed by atoms with Gasteiger partial charge in [0.1, 0.15) is 0 Å². The van der Waals surface area contributed by atoms with Gasteiger partial charge in [-0.1, -0.05) is 31.9 Å². The van der Waals surface area contributed by atoms with Crippen LogP contribution in [0.5, 0.6) is 0 Å². The molecule has 0 radical (unpaired) electrons. The first-order valence-electron chi connectivity index (χ1n) is 6.19. The van der Waals surface area contributed by atoms with Crippen LogP contribution in [0.4, 0.5) is 5.69 Å². The molecule has 0 spiro atoms. The van der Waals surface area contributed by atoms with E-state index in [0.717, 1.165) is 24.8 Å². The highest BCUT2D eigenvalue weighted by atomic mass is 16.4. The first kappa shape index (κ1) is 14.2. The minimum absolute atomic E-state index is 0.125. The summed E-state index contributed by atoms with van der Waals surface area (Å²) in [5.41, 5.74) is 1.31. The Morgan fingerprint density at radius 3 is 2.61 bits per heavy atom. The molecule has 0 saturated carbocycles. The lowest BCUT2D eigenvalue weighted by molar-refractivity contribution is -0.116. The summed E-state index contributed by atoms with van der Waals surface area (Å²) in [6.45, 7) is 3.86. The van der Waals surface area contributed by atoms with Gasteiger partial charge in [-0.2, -0.15) is 0 Å². The number of para-hydroxylation sites is 1. The molecule has 98 valence electrons. The number of carboxylic acids is 1. The van der Waals surface area contributed by atoms with E-state index in [1.165, 1.54) is 6.07 Å². The molecule has 0 saturated heterocycles. The molecule has 2 N–H and O–H groups in total. The average molecular weight is 249 g/mol. The number of benzene rings is 1. The summed E-state index contributed by atoms with van der Waals surface area (Å²) < 4.78 is 0. The predicted octanol–water partition coefficient (Wildman–Crippen LogP) is 3.21. The first-order valence-corrected chi connectivity index (χ1v) is 6.19. The molecule has 1 aromatic rings. The number of rotatable bonds is 6. The van der Waals surface area contributed by atoms with Crippen molar-refractivity contribution in [2.24, 2.45) is 0 Å². The van der Waals surface area contributed by atoms with E-state index in [2.05, 4.69) is 12.2 Å². The number of amides is 1. The number of hydrogen-bond donors (Lipinski definition) is 2. The minimum atomic E-state index is -1.03. The van der Waals surface area contributed by atoms with Gasteiger partial charge in [-0.3, -0.25) is 4.79 Å². The topological polar surface area (TPSA) is 66.4 Å². The lowest BCUT2D eigenvalue weighted by Gasteiger charge is -2.11. The van der Waals surface area contributed by atoms with Crippen LogP contribution in [-0.2, 0) is 4.79 Å². The smallest absolute Gasteiger partial charge is 0.337 e. The number of hydrogen-bond acceptors (Lipinski definition) is 2. The molecule has 0 atom stereocenters. The first-order chi connectivity index (χ1) is 8.56. The van der Waals surface area contributed by atoms with Crippen molar-refractivity contribution in [1.29, 1.82) is 0 Å². The van der Waals surface area contributed by atoms with Crippen LogP contribution in [0.15, 0.2) is 18.2 Å². The quantitative estimate of drug-likeness (QED) is 0.761. The third-order valence-electron chi connectivity index (χ3n) is 2.78. The van der Waals surface area contributed by atoms with E-state index in [9.17, 15) is 9.59 Å². The second-order valence-electron chi connectivity index (χ2n) is 4.31. The van der Waals surface area contributed by atoms with Gasteiger partial charge in [-0.15, -0.1) is 0 Å². The molecule has 0 fully saturated rings. The summed E-state index contributed by atoms with van der Waals surface area (Å²) in [4.78, 5) is 22.8. The molecular weight excluding hydrogens is 230 g/mol. The average Bonchev–Trinajstić information content (AvgIpc) is 2.31. The van der Waals surface area contributed by atoms with Crippen LogP contribution in [0.25, 0.3) is 0 Å². The molecule has 0 aliphatic heterocycles. The number of carbonyl (C=O) groups is 2. The highest BCUT2D eigenvalue weighted by Crippen LogP contribution is 2.21. The normalized spacial score (nSPS) is 10.1. The maximum atomic E-state index is 11.7. The number of nitrogens with one attached hydrogen (secondary N) is 1. The van der Waals surface area contributed by atoms with E-state index < -0.39 is 5.97 Å². The molecule has 1 rings (SSSR count). The van der Waals surface area contributed by atoms with Gasteiger partial charge in [0.15, 0.2) is 0 Å². The minimum Gasteiger partial charge on any atom is -0.478 e. The number of aryl methyl sites for hydroxylation is 1. The molecule has 4 heteroatoms. The van der Waals surface area contributed by atoms with Crippen molar-refractivity contribution >= 4 is 17.6 Å². The van der Waals surface area contributed by atoms with Crippen LogP contribution in [0.1, 0.15) is 48.5 Å². The summed E-state index contributed by atoms with van der Waals surface area (Å²) in [5, 5.41) is 11.8. The van der Waals surface area contributed by atoms with Crippen LogP contribution >= 0.6 is 0 Å². The Kier molecular flexibility index (Phi) is 5.36. The van der Waals surface area contributed by atoms with Crippen molar-refractivity contribution in [2.45, 2.75) is 39.5 Å². The summed E-state index contributed by atoms with van der Waals surface area (Å²) in [7, 11) is 0. The molecule has 4 nitrogen and oxygen atoms in total. The Bertz CT molecular complexity index is 441. The lowest BCUT2D eigenvalue weighted by Crippen LogP contribution is -2.15. The zero-order chi connectivity index (χ0) is 13.5. The van der Waals surface area contributed by atoms with Crippen LogP contribution in [-0.4, -0.2) is 17.0 Å². The van der Waals surface area contributed by atoms with Gasteiger partial charge in [0.05, 0.1) is 11.3 Å². The van der Waals surface area contributed by atoms with Gasteiger partial charge in [0, 0.05) is 6.42 Å². The summed E-state index contributed by atoms with van der Waals surface area (Å²) in [6, 6.07) is 4.95. The predicted molar refractivity (Wildman–Crippen MR) is 70.9 cm³/mol. The monoisotopic (exact) mass is 249 g/mol. The van der Waals surface area contributed by atoms with Gasteiger partial charge in [0.2, 0.25) is 5.91 Å². The highest BCUT2D eigenvalue weighted by molar-refractivity contribution is 6.01.